The minimum atomic E-state index is -0.254. The highest BCUT2D eigenvalue weighted by atomic mass is 16.2. The van der Waals surface area contributed by atoms with Crippen LogP contribution in [-0.4, -0.2) is 17.7 Å². The van der Waals surface area contributed by atoms with Crippen molar-refractivity contribution >= 4 is 34.8 Å². The van der Waals surface area contributed by atoms with Crippen LogP contribution < -0.4 is 16.0 Å². The Labute approximate surface area is 164 Å². The van der Waals surface area contributed by atoms with E-state index in [1.807, 2.05) is 13.0 Å². The molecule has 146 valence electrons. The van der Waals surface area contributed by atoms with Crippen molar-refractivity contribution in [2.24, 2.45) is 11.8 Å². The maximum absolute atomic E-state index is 12.6. The van der Waals surface area contributed by atoms with Crippen LogP contribution in [0.1, 0.15) is 42.6 Å². The first-order valence-corrected chi connectivity index (χ1v) is 9.50. The molecule has 0 bridgehead atoms. The van der Waals surface area contributed by atoms with Gasteiger partial charge in [0.2, 0.25) is 11.8 Å². The van der Waals surface area contributed by atoms with E-state index >= 15 is 0 Å². The summed E-state index contributed by atoms with van der Waals surface area (Å²) >= 11 is 0. The van der Waals surface area contributed by atoms with Gasteiger partial charge in [-0.25, -0.2) is 0 Å². The number of benzene rings is 2. The van der Waals surface area contributed by atoms with Crippen LogP contribution in [-0.2, 0) is 9.59 Å². The third kappa shape index (κ3) is 4.76. The summed E-state index contributed by atoms with van der Waals surface area (Å²) < 4.78 is 0. The molecule has 6 heteroatoms. The molecule has 1 aliphatic carbocycles. The minimum absolute atomic E-state index is 0.0336. The fraction of sp³-hybridized carbons (Fsp3) is 0.318. The zero-order valence-electron chi connectivity index (χ0n) is 16.3. The second kappa shape index (κ2) is 8.25. The van der Waals surface area contributed by atoms with E-state index in [1.165, 1.54) is 0 Å². The van der Waals surface area contributed by atoms with Gasteiger partial charge in [0, 0.05) is 35.0 Å². The number of hydrogen-bond donors (Lipinski definition) is 3. The zero-order chi connectivity index (χ0) is 20.3. The predicted molar refractivity (Wildman–Crippen MR) is 110 cm³/mol. The maximum atomic E-state index is 12.6. The first-order valence-electron chi connectivity index (χ1n) is 9.50. The molecule has 0 radical (unpaired) electrons. The van der Waals surface area contributed by atoms with E-state index in [1.54, 1.807) is 43.3 Å². The number of carbonyl (C=O) groups excluding carboxylic acids is 3. The number of nitrogens with one attached hydrogen (secondary N) is 3. The molecule has 3 rings (SSSR count). The Kier molecular flexibility index (Phi) is 5.78. The van der Waals surface area contributed by atoms with Crippen LogP contribution in [0.25, 0.3) is 0 Å². The first kappa shape index (κ1) is 19.6. The zero-order valence-corrected chi connectivity index (χ0v) is 16.3. The lowest BCUT2D eigenvalue weighted by atomic mass is 10.1. The average Bonchev–Trinajstić information content (AvgIpc) is 3.41. The summed E-state index contributed by atoms with van der Waals surface area (Å²) in [4.78, 5) is 36.1. The molecular weight excluding hydrogens is 354 g/mol. The predicted octanol–water partition coefficient (Wildman–Crippen LogP) is 4.19. The summed E-state index contributed by atoms with van der Waals surface area (Å²) in [5, 5.41) is 8.54. The van der Waals surface area contributed by atoms with E-state index in [4.69, 9.17) is 0 Å². The highest BCUT2D eigenvalue weighted by Gasteiger charge is 2.39. The largest absolute Gasteiger partial charge is 0.326 e. The monoisotopic (exact) mass is 379 g/mol. The molecule has 6 nitrogen and oxygen atoms in total. The molecule has 0 spiro atoms. The van der Waals surface area contributed by atoms with Crippen LogP contribution in [0, 0.1) is 18.8 Å². The van der Waals surface area contributed by atoms with Gasteiger partial charge in [-0.2, -0.15) is 0 Å². The third-order valence-corrected chi connectivity index (χ3v) is 4.95. The van der Waals surface area contributed by atoms with Crippen LogP contribution in [0.15, 0.2) is 42.5 Å². The summed E-state index contributed by atoms with van der Waals surface area (Å²) in [5.74, 6) is 0.249. The normalized spacial score (nSPS) is 17.5. The topological polar surface area (TPSA) is 87.3 Å². The smallest absolute Gasteiger partial charge is 0.255 e. The number of anilines is 3. The highest BCUT2D eigenvalue weighted by molar-refractivity contribution is 6.05. The molecule has 3 amide bonds. The van der Waals surface area contributed by atoms with Crippen molar-refractivity contribution in [2.45, 2.75) is 33.6 Å². The van der Waals surface area contributed by atoms with E-state index in [2.05, 4.69) is 22.9 Å². The van der Waals surface area contributed by atoms with E-state index in [9.17, 15) is 14.4 Å². The number of rotatable bonds is 6. The Morgan fingerprint density at radius 3 is 2.21 bits per heavy atom. The first-order chi connectivity index (χ1) is 13.4. The Morgan fingerprint density at radius 1 is 0.964 bits per heavy atom. The quantitative estimate of drug-likeness (QED) is 0.703. The molecule has 0 saturated heterocycles. The van der Waals surface area contributed by atoms with Crippen molar-refractivity contribution < 1.29 is 14.4 Å². The van der Waals surface area contributed by atoms with Gasteiger partial charge in [-0.15, -0.1) is 0 Å². The molecule has 2 atom stereocenters. The van der Waals surface area contributed by atoms with Gasteiger partial charge in [0.1, 0.15) is 0 Å². The van der Waals surface area contributed by atoms with Crippen LogP contribution in [0.5, 0.6) is 0 Å². The van der Waals surface area contributed by atoms with E-state index in [-0.39, 0.29) is 23.6 Å². The highest BCUT2D eigenvalue weighted by Crippen LogP contribution is 2.38. The average molecular weight is 379 g/mol. The van der Waals surface area contributed by atoms with Crippen molar-refractivity contribution in [3.05, 3.63) is 53.6 Å². The van der Waals surface area contributed by atoms with Gasteiger partial charge in [-0.1, -0.05) is 19.9 Å². The molecule has 1 saturated carbocycles. The molecule has 1 aliphatic rings. The van der Waals surface area contributed by atoms with Gasteiger partial charge in [0.05, 0.1) is 0 Å². The fourth-order valence-corrected chi connectivity index (χ4v) is 2.91. The molecule has 0 aromatic heterocycles. The van der Waals surface area contributed by atoms with Gasteiger partial charge >= 0.3 is 0 Å². The Bertz CT molecular complexity index is 906. The van der Waals surface area contributed by atoms with E-state index < -0.39 is 0 Å². The molecule has 2 unspecified atom stereocenters. The molecule has 0 aliphatic heterocycles. The Hall–Kier alpha value is -3.15. The number of hydrogen-bond acceptors (Lipinski definition) is 3. The van der Waals surface area contributed by atoms with Crippen LogP contribution in [0.4, 0.5) is 17.1 Å². The van der Waals surface area contributed by atoms with Crippen LogP contribution in [0.3, 0.4) is 0 Å². The van der Waals surface area contributed by atoms with Crippen molar-refractivity contribution in [3.63, 3.8) is 0 Å². The standard InChI is InChI=1S/C22H25N3O3/c1-4-20(26)23-17-8-5-13(2)19(12-17)25-21(27)15-6-9-16(10-7-15)24-22(28)18-11-14(18)3/h5-10,12,14,18H,4,11H2,1-3H3,(H,23,26)(H,24,28)(H,25,27). The minimum Gasteiger partial charge on any atom is -0.326 e. The van der Waals surface area contributed by atoms with Crippen molar-refractivity contribution in [2.75, 3.05) is 16.0 Å². The molecule has 3 N–H and O–H groups in total. The number of aryl methyl sites for hydroxylation is 1. The van der Waals surface area contributed by atoms with Gasteiger partial charge in [-0.05, 0) is 61.2 Å². The second-order valence-corrected chi connectivity index (χ2v) is 7.27. The molecule has 2 aromatic rings. The third-order valence-electron chi connectivity index (χ3n) is 4.95. The maximum Gasteiger partial charge on any atom is 0.255 e. The lowest BCUT2D eigenvalue weighted by Crippen LogP contribution is -2.16. The second-order valence-electron chi connectivity index (χ2n) is 7.27. The summed E-state index contributed by atoms with van der Waals surface area (Å²) in [7, 11) is 0. The Morgan fingerprint density at radius 2 is 1.61 bits per heavy atom. The summed E-state index contributed by atoms with van der Waals surface area (Å²) in [6.45, 7) is 5.73. The lowest BCUT2D eigenvalue weighted by Gasteiger charge is -2.12. The van der Waals surface area contributed by atoms with Crippen molar-refractivity contribution in [1.29, 1.82) is 0 Å². The molecular formula is C22H25N3O3. The number of amides is 3. The summed E-state index contributed by atoms with van der Waals surface area (Å²) in [6, 6.07) is 12.2. The van der Waals surface area contributed by atoms with E-state index in [0.717, 1.165) is 12.0 Å². The van der Waals surface area contributed by atoms with Gasteiger partial charge in [0.15, 0.2) is 0 Å². The summed E-state index contributed by atoms with van der Waals surface area (Å²) in [5.41, 5.74) is 3.34. The van der Waals surface area contributed by atoms with Gasteiger partial charge in [0.25, 0.3) is 5.91 Å². The Balaban J connectivity index is 1.65. The summed E-state index contributed by atoms with van der Waals surface area (Å²) in [6.07, 6.45) is 1.32. The fourth-order valence-electron chi connectivity index (χ4n) is 2.91. The van der Waals surface area contributed by atoms with Gasteiger partial charge in [-0.3, -0.25) is 14.4 Å². The molecule has 0 heterocycles. The van der Waals surface area contributed by atoms with Crippen molar-refractivity contribution in [3.8, 4) is 0 Å². The molecule has 1 fully saturated rings. The SMILES string of the molecule is CCC(=O)Nc1ccc(C)c(NC(=O)c2ccc(NC(=O)C3CC3C)cc2)c1. The van der Waals surface area contributed by atoms with Crippen LogP contribution in [0.2, 0.25) is 0 Å². The van der Waals surface area contributed by atoms with Crippen LogP contribution >= 0.6 is 0 Å². The molecule has 28 heavy (non-hydrogen) atoms. The lowest BCUT2D eigenvalue weighted by molar-refractivity contribution is -0.117. The number of carbonyl (C=O) groups is 3. The van der Waals surface area contributed by atoms with E-state index in [0.29, 0.717) is 35.0 Å². The van der Waals surface area contributed by atoms with Crippen molar-refractivity contribution in [1.82, 2.24) is 0 Å². The van der Waals surface area contributed by atoms with Gasteiger partial charge < -0.3 is 16.0 Å². The molecule has 2 aromatic carbocycles.